The molecule has 0 aliphatic rings. The molecule has 0 radical (unpaired) electrons. The van der Waals surface area contributed by atoms with Gasteiger partial charge in [0.2, 0.25) is 0 Å². The summed E-state index contributed by atoms with van der Waals surface area (Å²) >= 11 is 0. The van der Waals surface area contributed by atoms with E-state index in [-0.39, 0.29) is 0 Å². The molecular formula is C15H31NO4S. The maximum absolute atomic E-state index is 12.3. The lowest BCUT2D eigenvalue weighted by molar-refractivity contribution is -0.137. The average molecular weight is 321 g/mol. The van der Waals surface area contributed by atoms with Crippen molar-refractivity contribution in [3.63, 3.8) is 0 Å². The molecule has 0 saturated heterocycles. The molecule has 0 amide bonds. The number of carboxylic acid groups (broad SMARTS) is 1. The molecule has 126 valence electrons. The number of hydrogen-bond acceptors (Lipinski definition) is 4. The van der Waals surface area contributed by atoms with Crippen LogP contribution in [0, 0.1) is 0 Å². The van der Waals surface area contributed by atoms with Crippen molar-refractivity contribution < 1.29 is 18.3 Å². The third kappa shape index (κ3) is 9.09. The molecule has 0 fully saturated rings. The van der Waals surface area contributed by atoms with Crippen LogP contribution in [0.3, 0.4) is 0 Å². The molecule has 1 unspecified atom stereocenters. The summed E-state index contributed by atoms with van der Waals surface area (Å²) in [5.41, 5.74) is 5.38. The van der Waals surface area contributed by atoms with Crippen LogP contribution in [0.1, 0.15) is 71.6 Å². The van der Waals surface area contributed by atoms with Crippen molar-refractivity contribution in [1.29, 1.82) is 0 Å². The molecule has 6 heteroatoms. The second-order valence-corrected chi connectivity index (χ2v) is 8.07. The number of unbranched alkanes of at least 4 members (excludes halogenated alkanes) is 5. The van der Waals surface area contributed by atoms with Gasteiger partial charge in [0.15, 0.2) is 9.84 Å². The molecule has 0 aromatic carbocycles. The van der Waals surface area contributed by atoms with E-state index < -0.39 is 32.9 Å². The summed E-state index contributed by atoms with van der Waals surface area (Å²) in [5.74, 6) is -1.71. The SMILES string of the molecule is CCCCCCCC(CCCC)S(=O)(=O)C[C@H](N)C(=O)O. The maximum atomic E-state index is 12.3. The minimum absolute atomic E-state index is 0.440. The van der Waals surface area contributed by atoms with Crippen molar-refractivity contribution in [3.8, 4) is 0 Å². The molecule has 0 aliphatic heterocycles. The van der Waals surface area contributed by atoms with Crippen molar-refractivity contribution in [1.82, 2.24) is 0 Å². The van der Waals surface area contributed by atoms with Crippen molar-refractivity contribution in [2.75, 3.05) is 5.75 Å². The van der Waals surface area contributed by atoms with Crippen LogP contribution in [0.15, 0.2) is 0 Å². The standard InChI is InChI=1S/C15H31NO4S/c1-3-5-7-8-9-11-13(10-6-4-2)21(19,20)12-14(16)15(17)18/h13-14H,3-12,16H2,1-2H3,(H,17,18)/t13?,14-/m0/s1. The van der Waals surface area contributed by atoms with Crippen LogP contribution in [0.25, 0.3) is 0 Å². The molecular weight excluding hydrogens is 290 g/mol. The van der Waals surface area contributed by atoms with Gasteiger partial charge >= 0.3 is 5.97 Å². The van der Waals surface area contributed by atoms with Crippen LogP contribution < -0.4 is 5.73 Å². The molecule has 2 atom stereocenters. The van der Waals surface area contributed by atoms with E-state index in [2.05, 4.69) is 6.92 Å². The summed E-state index contributed by atoms with van der Waals surface area (Å²) in [6.07, 6.45) is 8.41. The lowest BCUT2D eigenvalue weighted by Gasteiger charge is -2.18. The van der Waals surface area contributed by atoms with Gasteiger partial charge in [-0.1, -0.05) is 58.8 Å². The summed E-state index contributed by atoms with van der Waals surface area (Å²) in [4.78, 5) is 10.8. The van der Waals surface area contributed by atoms with E-state index in [0.717, 1.165) is 38.5 Å². The molecule has 3 N–H and O–H groups in total. The third-order valence-corrected chi connectivity index (χ3v) is 6.06. The fourth-order valence-electron chi connectivity index (χ4n) is 2.37. The number of rotatable bonds is 13. The quantitative estimate of drug-likeness (QED) is 0.508. The largest absolute Gasteiger partial charge is 0.480 e. The number of carbonyl (C=O) groups is 1. The molecule has 5 nitrogen and oxygen atoms in total. The van der Waals surface area contributed by atoms with Crippen molar-refractivity contribution in [2.45, 2.75) is 82.9 Å². The zero-order valence-corrected chi connectivity index (χ0v) is 14.2. The fraction of sp³-hybridized carbons (Fsp3) is 0.933. The fourth-order valence-corrected chi connectivity index (χ4v) is 4.34. The molecule has 0 saturated carbocycles. The van der Waals surface area contributed by atoms with E-state index in [4.69, 9.17) is 10.8 Å². The zero-order valence-electron chi connectivity index (χ0n) is 13.4. The van der Waals surface area contributed by atoms with Gasteiger partial charge in [0.25, 0.3) is 0 Å². The first-order valence-electron chi connectivity index (χ1n) is 8.05. The van der Waals surface area contributed by atoms with Crippen molar-refractivity contribution in [3.05, 3.63) is 0 Å². The van der Waals surface area contributed by atoms with E-state index >= 15 is 0 Å². The van der Waals surface area contributed by atoms with Crippen molar-refractivity contribution >= 4 is 15.8 Å². The van der Waals surface area contributed by atoms with Gasteiger partial charge in [-0.3, -0.25) is 4.79 Å². The minimum atomic E-state index is -3.44. The summed E-state index contributed by atoms with van der Waals surface area (Å²) in [6.45, 7) is 4.16. The highest BCUT2D eigenvalue weighted by Crippen LogP contribution is 2.19. The Morgan fingerprint density at radius 3 is 2.05 bits per heavy atom. The van der Waals surface area contributed by atoms with Gasteiger partial charge in [0.1, 0.15) is 6.04 Å². The molecule has 0 aromatic heterocycles. The van der Waals surface area contributed by atoms with Crippen LogP contribution >= 0.6 is 0 Å². The highest BCUT2D eigenvalue weighted by atomic mass is 32.2. The van der Waals surface area contributed by atoms with Gasteiger partial charge in [-0.2, -0.15) is 0 Å². The van der Waals surface area contributed by atoms with Crippen LogP contribution in [-0.2, 0) is 14.6 Å². The normalized spacial score (nSPS) is 14.8. The van der Waals surface area contributed by atoms with E-state index in [1.807, 2.05) is 6.92 Å². The van der Waals surface area contributed by atoms with Gasteiger partial charge < -0.3 is 10.8 Å². The lowest BCUT2D eigenvalue weighted by Crippen LogP contribution is -2.40. The van der Waals surface area contributed by atoms with Crippen molar-refractivity contribution in [2.24, 2.45) is 5.73 Å². The summed E-state index contributed by atoms with van der Waals surface area (Å²) in [6, 6.07) is -1.32. The van der Waals surface area contributed by atoms with Crippen LogP contribution in [-0.4, -0.2) is 36.5 Å². The lowest BCUT2D eigenvalue weighted by atomic mass is 10.1. The second kappa shape index (κ2) is 11.0. The first-order chi connectivity index (χ1) is 9.85. The van der Waals surface area contributed by atoms with Gasteiger partial charge in [0, 0.05) is 0 Å². The van der Waals surface area contributed by atoms with Gasteiger partial charge in [-0.15, -0.1) is 0 Å². The Morgan fingerprint density at radius 1 is 1.00 bits per heavy atom. The smallest absolute Gasteiger partial charge is 0.321 e. The van der Waals surface area contributed by atoms with E-state index in [9.17, 15) is 13.2 Å². The molecule has 0 rings (SSSR count). The van der Waals surface area contributed by atoms with E-state index in [1.165, 1.54) is 6.42 Å². The summed E-state index contributed by atoms with van der Waals surface area (Å²) in [7, 11) is -3.44. The Hall–Kier alpha value is -0.620. The molecule has 0 bridgehead atoms. The van der Waals surface area contributed by atoms with E-state index in [0.29, 0.717) is 12.8 Å². The van der Waals surface area contributed by atoms with Gasteiger partial charge in [-0.25, -0.2) is 8.42 Å². The van der Waals surface area contributed by atoms with Crippen LogP contribution in [0.2, 0.25) is 0 Å². The first-order valence-corrected chi connectivity index (χ1v) is 9.76. The number of nitrogens with two attached hydrogens (primary N) is 1. The number of sulfone groups is 1. The predicted molar refractivity (Wildman–Crippen MR) is 86.1 cm³/mol. The number of aliphatic carboxylic acids is 1. The van der Waals surface area contributed by atoms with Crippen LogP contribution in [0.5, 0.6) is 0 Å². The molecule has 0 aliphatic carbocycles. The first kappa shape index (κ1) is 20.4. The van der Waals surface area contributed by atoms with Crippen LogP contribution in [0.4, 0.5) is 0 Å². The van der Waals surface area contributed by atoms with Gasteiger partial charge in [0.05, 0.1) is 11.0 Å². The number of hydrogen-bond donors (Lipinski definition) is 2. The maximum Gasteiger partial charge on any atom is 0.321 e. The Bertz CT molecular complexity index is 381. The van der Waals surface area contributed by atoms with E-state index in [1.54, 1.807) is 0 Å². The Balaban J connectivity index is 4.52. The molecule has 0 spiro atoms. The average Bonchev–Trinajstić information content (AvgIpc) is 2.41. The second-order valence-electron chi connectivity index (χ2n) is 5.74. The Morgan fingerprint density at radius 2 is 1.52 bits per heavy atom. The predicted octanol–water partition coefficient (Wildman–Crippen LogP) is 2.73. The molecule has 21 heavy (non-hydrogen) atoms. The Labute approximate surface area is 129 Å². The highest BCUT2D eigenvalue weighted by molar-refractivity contribution is 7.92. The summed E-state index contributed by atoms with van der Waals surface area (Å²) < 4.78 is 24.7. The van der Waals surface area contributed by atoms with Gasteiger partial charge in [-0.05, 0) is 12.8 Å². The molecule has 0 heterocycles. The monoisotopic (exact) mass is 321 g/mol. The third-order valence-electron chi connectivity index (χ3n) is 3.75. The number of carboxylic acids is 1. The minimum Gasteiger partial charge on any atom is -0.480 e. The zero-order chi connectivity index (χ0) is 16.3. The highest BCUT2D eigenvalue weighted by Gasteiger charge is 2.29. The Kier molecular flexibility index (Phi) is 10.7. The summed E-state index contributed by atoms with van der Waals surface area (Å²) in [5, 5.41) is 8.35. The molecule has 0 aromatic rings. The topological polar surface area (TPSA) is 97.5 Å².